The summed E-state index contributed by atoms with van der Waals surface area (Å²) < 4.78 is 5.55. The molecule has 2 heteroatoms. The summed E-state index contributed by atoms with van der Waals surface area (Å²) in [6, 6.07) is 7.18. The van der Waals surface area contributed by atoms with Crippen molar-refractivity contribution in [2.75, 3.05) is 6.61 Å². The van der Waals surface area contributed by atoms with Crippen molar-refractivity contribution in [1.82, 2.24) is 0 Å². The Hall–Kier alpha value is -2.09. The first-order chi connectivity index (χ1) is 8.67. The highest BCUT2D eigenvalue weighted by atomic mass is 16.5. The van der Waals surface area contributed by atoms with Crippen molar-refractivity contribution in [3.05, 3.63) is 67.3 Å². The van der Waals surface area contributed by atoms with Gasteiger partial charge in [0.1, 0.15) is 12.4 Å². The molecule has 0 fully saturated rings. The normalized spacial score (nSPS) is 10.0. The highest BCUT2D eigenvalue weighted by molar-refractivity contribution is 5.94. The topological polar surface area (TPSA) is 26.3 Å². The first-order valence-electron chi connectivity index (χ1n) is 5.68. The lowest BCUT2D eigenvalue weighted by molar-refractivity contribution is 0.101. The number of ketones is 1. The van der Waals surface area contributed by atoms with Crippen molar-refractivity contribution >= 4 is 5.78 Å². The van der Waals surface area contributed by atoms with E-state index in [2.05, 4.69) is 19.7 Å². The maximum atomic E-state index is 11.2. The number of ether oxygens (including phenoxy) is 1. The van der Waals surface area contributed by atoms with Crippen LogP contribution in [0.15, 0.2) is 61.7 Å². The number of allylic oxidation sites excluding steroid dienone is 1. The zero-order valence-corrected chi connectivity index (χ0v) is 11.1. The van der Waals surface area contributed by atoms with Gasteiger partial charge in [0.15, 0.2) is 5.78 Å². The molecule has 0 amide bonds. The number of Topliss-reactive ketones (excluding diaryl/α,β-unsaturated/α-hetero) is 1. The van der Waals surface area contributed by atoms with Gasteiger partial charge in [-0.25, -0.2) is 0 Å². The summed E-state index contributed by atoms with van der Waals surface area (Å²) in [5, 5.41) is 0. The monoisotopic (exact) mass is 244 g/mol. The molecular weight excluding hydrogens is 224 g/mol. The first kappa shape index (κ1) is 15.9. The molecule has 0 aliphatic heterocycles. The average molecular weight is 244 g/mol. The third kappa shape index (κ3) is 5.30. The van der Waals surface area contributed by atoms with Crippen molar-refractivity contribution in [1.29, 1.82) is 0 Å². The van der Waals surface area contributed by atoms with Gasteiger partial charge in [-0.2, -0.15) is 0 Å². The molecule has 1 rings (SSSR count). The summed E-state index contributed by atoms with van der Waals surface area (Å²) >= 11 is 0. The molecule has 0 bridgehead atoms. The smallest absolute Gasteiger partial charge is 0.159 e. The van der Waals surface area contributed by atoms with Gasteiger partial charge in [0.05, 0.1) is 0 Å². The van der Waals surface area contributed by atoms with E-state index in [0.717, 1.165) is 5.57 Å². The van der Waals surface area contributed by atoms with Crippen LogP contribution in [0.4, 0.5) is 0 Å². The van der Waals surface area contributed by atoms with Crippen LogP contribution in [0.25, 0.3) is 0 Å². The Bertz CT molecular complexity index is 430. The second-order valence-corrected chi connectivity index (χ2v) is 3.44. The van der Waals surface area contributed by atoms with E-state index in [-0.39, 0.29) is 5.78 Å². The fraction of sp³-hybridized carbons (Fsp3) is 0.188. The van der Waals surface area contributed by atoms with Gasteiger partial charge in [0.25, 0.3) is 0 Å². The molecule has 2 nitrogen and oxygen atoms in total. The lowest BCUT2D eigenvalue weighted by atomic mass is 10.1. The van der Waals surface area contributed by atoms with Crippen molar-refractivity contribution < 1.29 is 9.53 Å². The van der Waals surface area contributed by atoms with Crippen LogP contribution in [-0.2, 0) is 0 Å². The fourth-order valence-electron chi connectivity index (χ4n) is 1.23. The van der Waals surface area contributed by atoms with Crippen LogP contribution in [0.1, 0.15) is 24.2 Å². The SMILES string of the molecule is C=C.C=C/C(=C\C)COc1cccc(C(C)=O)c1. The molecule has 0 heterocycles. The Morgan fingerprint density at radius 1 is 1.39 bits per heavy atom. The van der Waals surface area contributed by atoms with E-state index in [1.807, 2.05) is 25.1 Å². The summed E-state index contributed by atoms with van der Waals surface area (Å²) in [5.74, 6) is 0.745. The van der Waals surface area contributed by atoms with E-state index < -0.39 is 0 Å². The summed E-state index contributed by atoms with van der Waals surface area (Å²) in [7, 11) is 0. The van der Waals surface area contributed by atoms with Crippen molar-refractivity contribution in [2.24, 2.45) is 0 Å². The quantitative estimate of drug-likeness (QED) is 0.441. The van der Waals surface area contributed by atoms with Crippen LogP contribution in [0, 0.1) is 0 Å². The number of benzene rings is 1. The van der Waals surface area contributed by atoms with Gasteiger partial charge in [-0.3, -0.25) is 4.79 Å². The van der Waals surface area contributed by atoms with Crippen LogP contribution < -0.4 is 4.74 Å². The summed E-state index contributed by atoms with van der Waals surface area (Å²) in [6.07, 6.45) is 3.71. The minimum absolute atomic E-state index is 0.0421. The Balaban J connectivity index is 0.00000137. The zero-order chi connectivity index (χ0) is 14.0. The molecule has 0 atom stereocenters. The summed E-state index contributed by atoms with van der Waals surface area (Å²) in [5.41, 5.74) is 1.69. The molecule has 0 aliphatic rings. The maximum Gasteiger partial charge on any atom is 0.159 e. The molecule has 1 aromatic carbocycles. The molecule has 0 unspecified atom stereocenters. The minimum Gasteiger partial charge on any atom is -0.489 e. The number of hydrogen-bond acceptors (Lipinski definition) is 2. The third-order valence-corrected chi connectivity index (χ3v) is 2.28. The molecule has 0 spiro atoms. The number of rotatable bonds is 5. The number of hydrogen-bond donors (Lipinski definition) is 0. The predicted octanol–water partition coefficient (Wildman–Crippen LogP) is 4.20. The van der Waals surface area contributed by atoms with E-state index in [0.29, 0.717) is 17.9 Å². The minimum atomic E-state index is 0.0421. The van der Waals surface area contributed by atoms with Crippen LogP contribution in [0.5, 0.6) is 5.75 Å². The van der Waals surface area contributed by atoms with Gasteiger partial charge in [-0.05, 0) is 31.6 Å². The van der Waals surface area contributed by atoms with Crippen molar-refractivity contribution in [2.45, 2.75) is 13.8 Å². The van der Waals surface area contributed by atoms with Crippen LogP contribution in [0.3, 0.4) is 0 Å². The van der Waals surface area contributed by atoms with Crippen LogP contribution >= 0.6 is 0 Å². The van der Waals surface area contributed by atoms with Crippen LogP contribution in [-0.4, -0.2) is 12.4 Å². The van der Waals surface area contributed by atoms with E-state index in [4.69, 9.17) is 4.74 Å². The van der Waals surface area contributed by atoms with E-state index >= 15 is 0 Å². The molecule has 0 aliphatic carbocycles. The zero-order valence-electron chi connectivity index (χ0n) is 11.1. The highest BCUT2D eigenvalue weighted by Gasteiger charge is 2.01. The summed E-state index contributed by atoms with van der Waals surface area (Å²) in [4.78, 5) is 11.2. The Morgan fingerprint density at radius 2 is 2.06 bits per heavy atom. The number of carbonyl (C=O) groups excluding carboxylic acids is 1. The Morgan fingerprint density at radius 3 is 2.56 bits per heavy atom. The number of carbonyl (C=O) groups is 1. The lowest BCUT2D eigenvalue weighted by Crippen LogP contribution is -2.00. The molecule has 0 N–H and O–H groups in total. The third-order valence-electron chi connectivity index (χ3n) is 2.28. The van der Waals surface area contributed by atoms with E-state index in [1.165, 1.54) is 0 Å². The molecule has 96 valence electrons. The van der Waals surface area contributed by atoms with E-state index in [1.54, 1.807) is 25.1 Å². The first-order valence-corrected chi connectivity index (χ1v) is 5.68. The Labute approximate surface area is 109 Å². The highest BCUT2D eigenvalue weighted by Crippen LogP contribution is 2.14. The summed E-state index contributed by atoms with van der Waals surface area (Å²) in [6.45, 7) is 13.6. The van der Waals surface area contributed by atoms with Crippen molar-refractivity contribution in [3.63, 3.8) is 0 Å². The van der Waals surface area contributed by atoms with Gasteiger partial charge in [-0.15, -0.1) is 13.2 Å². The van der Waals surface area contributed by atoms with Crippen molar-refractivity contribution in [3.8, 4) is 5.75 Å². The fourth-order valence-corrected chi connectivity index (χ4v) is 1.23. The largest absolute Gasteiger partial charge is 0.489 e. The molecular formula is C16H20O2. The van der Waals surface area contributed by atoms with Crippen LogP contribution in [0.2, 0.25) is 0 Å². The molecule has 0 saturated carbocycles. The molecule has 0 aromatic heterocycles. The second-order valence-electron chi connectivity index (χ2n) is 3.44. The van der Waals surface area contributed by atoms with Gasteiger partial charge >= 0.3 is 0 Å². The Kier molecular flexibility index (Phi) is 7.95. The maximum absolute atomic E-state index is 11.2. The van der Waals surface area contributed by atoms with Gasteiger partial charge in [0, 0.05) is 5.56 Å². The second kappa shape index (κ2) is 8.99. The van der Waals surface area contributed by atoms with Gasteiger partial charge in [0.2, 0.25) is 0 Å². The predicted molar refractivity (Wildman–Crippen MR) is 77.1 cm³/mol. The molecule has 1 aromatic rings. The lowest BCUT2D eigenvalue weighted by Gasteiger charge is -2.07. The standard InChI is InChI=1S/C14H16O2.C2H4/c1-4-12(5-2)10-16-14-8-6-7-13(9-14)11(3)15;1-2/h4-9H,1,10H2,2-3H3;1-2H2/b12-5+;. The molecule has 0 saturated heterocycles. The average Bonchev–Trinajstić information content (AvgIpc) is 2.42. The van der Waals surface area contributed by atoms with Gasteiger partial charge in [-0.1, -0.05) is 30.9 Å². The molecule has 0 radical (unpaired) electrons. The van der Waals surface area contributed by atoms with Gasteiger partial charge < -0.3 is 4.74 Å². The van der Waals surface area contributed by atoms with E-state index in [9.17, 15) is 4.79 Å². The molecule has 18 heavy (non-hydrogen) atoms.